The second-order valence-electron chi connectivity index (χ2n) is 6.21. The Balaban J connectivity index is 0. The van der Waals surface area contributed by atoms with E-state index in [2.05, 4.69) is 16.1 Å². The molecule has 1 aromatic carbocycles. The maximum atomic E-state index is 10.7. The summed E-state index contributed by atoms with van der Waals surface area (Å²) < 4.78 is 12.8. The summed E-state index contributed by atoms with van der Waals surface area (Å²) in [7, 11) is 1.18. The molecule has 1 heterocycles. The molecule has 2 rings (SSSR count). The van der Waals surface area contributed by atoms with Gasteiger partial charge in [0, 0.05) is 36.5 Å². The lowest BCUT2D eigenvalue weighted by Crippen LogP contribution is -2.11. The summed E-state index contributed by atoms with van der Waals surface area (Å²) in [5.41, 5.74) is 1.17. The molecule has 0 bridgehead atoms. The molecule has 11 heteroatoms. The van der Waals surface area contributed by atoms with Crippen molar-refractivity contribution in [2.45, 2.75) is 26.4 Å². The summed E-state index contributed by atoms with van der Waals surface area (Å²) in [6.07, 6.45) is 7.75. The molecule has 1 aromatic rings. The lowest BCUT2D eigenvalue weighted by atomic mass is 10.2. The number of carbonyl (C=O) groups excluding carboxylic acids is 4. The molecule has 0 spiro atoms. The molecule has 36 heavy (non-hydrogen) atoms. The van der Waals surface area contributed by atoms with Crippen LogP contribution in [0.3, 0.4) is 0 Å². The molecule has 0 aromatic heterocycles. The zero-order valence-corrected chi connectivity index (χ0v) is 20.0. The van der Waals surface area contributed by atoms with Crippen LogP contribution in [0.1, 0.15) is 25.8 Å². The van der Waals surface area contributed by atoms with Crippen molar-refractivity contribution in [1.82, 2.24) is 0 Å². The highest BCUT2D eigenvalue weighted by Crippen LogP contribution is 1.98. The zero-order valence-electron chi connectivity index (χ0n) is 20.0. The van der Waals surface area contributed by atoms with E-state index in [0.29, 0.717) is 12.5 Å². The maximum Gasteiger partial charge on any atom is 0.338 e. The van der Waals surface area contributed by atoms with Crippen molar-refractivity contribution >= 4 is 41.9 Å². The first-order valence-electron chi connectivity index (χ1n) is 10.2. The molecule has 0 aliphatic carbocycles. The number of carbonyl (C=O) groups is 6. The number of esters is 4. The molecule has 11 nitrogen and oxygen atoms in total. The average molecular weight is 504 g/mol. The summed E-state index contributed by atoms with van der Waals surface area (Å²) in [5, 5.41) is 16.1. The Bertz CT molecular complexity index is 957. The minimum Gasteiger partial charge on any atom is -0.478 e. The highest BCUT2D eigenvalue weighted by molar-refractivity contribution is 6.04. The third-order valence-corrected chi connectivity index (χ3v) is 3.41. The van der Waals surface area contributed by atoms with Crippen molar-refractivity contribution in [3.8, 4) is 0 Å². The summed E-state index contributed by atoms with van der Waals surface area (Å²) in [6, 6.07) is 10.0. The fraction of sp³-hybridized carbons (Fsp3) is 0.200. The van der Waals surface area contributed by atoms with Gasteiger partial charge in [0.05, 0.1) is 13.2 Å². The van der Waals surface area contributed by atoms with Gasteiger partial charge in [0.2, 0.25) is 0 Å². The van der Waals surface area contributed by atoms with Crippen molar-refractivity contribution in [2.24, 2.45) is 0 Å². The monoisotopic (exact) mass is 504 g/mol. The van der Waals surface area contributed by atoms with Crippen LogP contribution < -0.4 is 0 Å². The van der Waals surface area contributed by atoms with Gasteiger partial charge in [0.1, 0.15) is 0 Å². The van der Waals surface area contributed by atoms with Crippen LogP contribution in [-0.2, 0) is 43.0 Å². The minimum absolute atomic E-state index is 0.170. The van der Waals surface area contributed by atoms with Crippen molar-refractivity contribution in [3.05, 3.63) is 78.9 Å². The van der Waals surface area contributed by atoms with Crippen molar-refractivity contribution in [1.29, 1.82) is 0 Å². The number of hydrogen-bond donors (Lipinski definition) is 2. The molecule has 1 unspecified atom stereocenters. The Morgan fingerprint density at radius 1 is 0.917 bits per heavy atom. The van der Waals surface area contributed by atoms with Crippen LogP contribution in [0.5, 0.6) is 0 Å². The van der Waals surface area contributed by atoms with Gasteiger partial charge in [-0.3, -0.25) is 0 Å². The van der Waals surface area contributed by atoms with Gasteiger partial charge in [-0.15, -0.1) is 0 Å². The van der Waals surface area contributed by atoms with E-state index in [1.807, 2.05) is 43.3 Å². The van der Waals surface area contributed by atoms with E-state index >= 15 is 0 Å². The number of carboxylic acid groups (broad SMARTS) is 2. The second kappa shape index (κ2) is 20.8. The molecule has 1 atom stereocenters. The third kappa shape index (κ3) is 22.4. The third-order valence-electron chi connectivity index (χ3n) is 3.41. The van der Waals surface area contributed by atoms with E-state index in [0.717, 1.165) is 30.4 Å². The Morgan fingerprint density at radius 3 is 1.69 bits per heavy atom. The molecule has 1 aliphatic rings. The Labute approximate surface area is 208 Å². The van der Waals surface area contributed by atoms with E-state index in [1.165, 1.54) is 12.7 Å². The molecular weight excluding hydrogens is 476 g/mol. The van der Waals surface area contributed by atoms with Crippen LogP contribution in [-0.4, -0.2) is 59.2 Å². The van der Waals surface area contributed by atoms with Gasteiger partial charge in [-0.25, -0.2) is 28.8 Å². The van der Waals surface area contributed by atoms with E-state index in [1.54, 1.807) is 6.92 Å². The summed E-state index contributed by atoms with van der Waals surface area (Å²) in [6.45, 7) is 7.25. The summed E-state index contributed by atoms with van der Waals surface area (Å²) in [5.74, 6) is -4.77. The van der Waals surface area contributed by atoms with Crippen LogP contribution in [0.15, 0.2) is 73.4 Å². The van der Waals surface area contributed by atoms with Crippen LogP contribution in [0.25, 0.3) is 6.08 Å². The molecule has 194 valence electrons. The van der Waals surface area contributed by atoms with Crippen LogP contribution in [0, 0.1) is 0 Å². The molecule has 0 saturated heterocycles. The molecule has 0 saturated carbocycles. The Morgan fingerprint density at radius 2 is 1.39 bits per heavy atom. The van der Waals surface area contributed by atoms with Crippen LogP contribution in [0.4, 0.5) is 0 Å². The molecular formula is C25H28O11. The normalized spacial score (nSPS) is 12.0. The van der Waals surface area contributed by atoms with Gasteiger partial charge in [-0.1, -0.05) is 49.9 Å². The predicted octanol–water partition coefficient (Wildman–Crippen LogP) is 2.72. The highest BCUT2D eigenvalue weighted by Gasteiger charge is 2.10. The zero-order chi connectivity index (χ0) is 27.9. The quantitative estimate of drug-likeness (QED) is 0.242. The van der Waals surface area contributed by atoms with E-state index in [9.17, 15) is 28.8 Å². The number of hydrogen-bond acceptors (Lipinski definition) is 9. The van der Waals surface area contributed by atoms with Crippen LogP contribution in [0.2, 0.25) is 0 Å². The first kappa shape index (κ1) is 33.4. The van der Waals surface area contributed by atoms with Crippen molar-refractivity contribution < 1.29 is 53.2 Å². The number of carboxylic acids is 2. The van der Waals surface area contributed by atoms with Gasteiger partial charge in [-0.2, -0.15) is 0 Å². The van der Waals surface area contributed by atoms with Gasteiger partial charge in [-0.05, 0) is 18.9 Å². The van der Waals surface area contributed by atoms with Crippen molar-refractivity contribution in [3.63, 3.8) is 0 Å². The van der Waals surface area contributed by atoms with E-state index in [4.69, 9.17) is 14.9 Å². The predicted molar refractivity (Wildman–Crippen MR) is 128 cm³/mol. The fourth-order valence-electron chi connectivity index (χ4n) is 1.56. The Kier molecular flexibility index (Phi) is 19.3. The largest absolute Gasteiger partial charge is 0.478 e. The smallest absolute Gasteiger partial charge is 0.338 e. The van der Waals surface area contributed by atoms with Gasteiger partial charge in [0.15, 0.2) is 0 Å². The van der Waals surface area contributed by atoms with Crippen molar-refractivity contribution in [2.75, 3.05) is 7.11 Å². The topological polar surface area (TPSA) is 171 Å². The number of benzene rings is 1. The molecule has 0 radical (unpaired) electrons. The highest BCUT2D eigenvalue weighted by atomic mass is 16.6. The number of ether oxygens (including phenoxy) is 3. The maximum absolute atomic E-state index is 10.7. The number of aliphatic carboxylic acids is 2. The fourth-order valence-corrected chi connectivity index (χ4v) is 1.56. The van der Waals surface area contributed by atoms with E-state index in [-0.39, 0.29) is 6.10 Å². The number of methoxy groups -OCH3 is 1. The number of cyclic esters (lactones) is 2. The lowest BCUT2D eigenvalue weighted by Gasteiger charge is -2.07. The molecule has 1 aliphatic heterocycles. The SMILES string of the molecule is C=Cc1ccccc1.CCC(C)OC(=O)C=CC(=O)O.COC(=O)C=CC(=O)O.O=C1C=CC(=O)O1. The minimum atomic E-state index is -1.17. The molecule has 2 N–H and O–H groups in total. The average Bonchev–Trinajstić information content (AvgIpc) is 3.24. The number of rotatable bonds is 7. The van der Waals surface area contributed by atoms with Crippen LogP contribution >= 0.6 is 0 Å². The van der Waals surface area contributed by atoms with Gasteiger partial charge >= 0.3 is 35.8 Å². The van der Waals surface area contributed by atoms with Gasteiger partial charge in [0.25, 0.3) is 0 Å². The molecule has 0 fully saturated rings. The van der Waals surface area contributed by atoms with Gasteiger partial charge < -0.3 is 24.4 Å². The first-order valence-corrected chi connectivity index (χ1v) is 10.2. The second-order valence-corrected chi connectivity index (χ2v) is 6.21. The Hall–Kier alpha value is -4.80. The summed E-state index contributed by atoms with van der Waals surface area (Å²) in [4.78, 5) is 60.4. The molecule has 0 amide bonds. The van der Waals surface area contributed by atoms with E-state index < -0.39 is 35.8 Å². The lowest BCUT2D eigenvalue weighted by molar-refractivity contribution is -0.150. The first-order chi connectivity index (χ1) is 16.9. The summed E-state index contributed by atoms with van der Waals surface area (Å²) >= 11 is 0. The standard InChI is InChI=1S/C8H12O4.C8H8.C5H6O4.C4H2O3/c1-3-6(2)12-8(11)5-4-7(9)10;1-2-8-6-4-3-5-7-8;1-9-5(8)3-2-4(6)7;5-3-1-2-4(6)7-3/h4-6H,3H2,1-2H3,(H,9,10);2-7H,1H2;2-3H,1H3,(H,6,7);1-2H.